The number of hydrogen-bond donors (Lipinski definition) is 6. The molecule has 2 rings (SSSR count). The predicted molar refractivity (Wildman–Crippen MR) is 167 cm³/mol. The first-order valence-corrected chi connectivity index (χ1v) is 13.4. The fraction of sp³-hybridized carbons (Fsp3) is 0.800. The molecule has 0 radical (unpaired) electrons. The zero-order valence-electron chi connectivity index (χ0n) is 27.5. The first-order valence-electron chi connectivity index (χ1n) is 13.4. The highest BCUT2D eigenvalue weighted by Crippen LogP contribution is 2.48. The van der Waals surface area contributed by atoms with Crippen molar-refractivity contribution in [2.24, 2.45) is 0 Å². The average Bonchev–Trinajstić information content (AvgIpc) is 2.83. The lowest BCUT2D eigenvalue weighted by molar-refractivity contribution is -0.890. The van der Waals surface area contributed by atoms with Gasteiger partial charge in [0.15, 0.2) is 6.73 Å². The van der Waals surface area contributed by atoms with Crippen molar-refractivity contribution in [2.75, 3.05) is 82.1 Å². The number of aliphatic hydroxyl groups excluding tert-OH is 1. The maximum absolute atomic E-state index is 10.8. The summed E-state index contributed by atoms with van der Waals surface area (Å²) in [4.78, 5) is 1.42. The number of ether oxygens (including phenoxy) is 2. The summed E-state index contributed by atoms with van der Waals surface area (Å²) in [6.07, 6.45) is -0.361. The Morgan fingerprint density at radius 1 is 0.949 bits per heavy atom. The van der Waals surface area contributed by atoms with Crippen LogP contribution in [0.4, 0.5) is 5.69 Å². The Bertz CT molecular complexity index is 708. The molecule has 1 aromatic rings. The van der Waals surface area contributed by atoms with Crippen LogP contribution in [-0.4, -0.2) is 125 Å². The molecule has 0 aliphatic carbocycles. The topological polar surface area (TPSA) is 108 Å². The molecule has 1 fully saturated rings. The average molecular weight is 565 g/mol. The lowest BCUT2D eigenvalue weighted by Crippen LogP contribution is -3.02. The maximum atomic E-state index is 10.8. The molecule has 0 spiro atoms. The molecule has 1 heterocycles. The standard InChI is InChI=1S/C12H25NO4.C7H9N.C5H14NO.C3H9N.C2H6.CH4/c1-8-10(3,13-6)12(5,16)11(4,15)9(2,7-14)17-8;1-8-7-5-3-2-4-6-7;1-6(2,3)5-7-4;1-4(2)3;1-2;/h8,13-16H,7H2,1-6H3;2-6,8H,1H3;5H2,1-4H3;1-3H3;1-2H3;1H4/q;;+1;;;/p+1. The van der Waals surface area contributed by atoms with Crippen molar-refractivity contribution in [1.29, 1.82) is 0 Å². The van der Waals surface area contributed by atoms with Crippen molar-refractivity contribution >= 4 is 5.69 Å². The summed E-state index contributed by atoms with van der Waals surface area (Å²) in [5.74, 6) is 0. The summed E-state index contributed by atoms with van der Waals surface area (Å²) >= 11 is 0. The lowest BCUT2D eigenvalue weighted by Gasteiger charge is -2.63. The molecule has 1 aliphatic rings. The van der Waals surface area contributed by atoms with Gasteiger partial charge < -0.3 is 44.8 Å². The van der Waals surface area contributed by atoms with Crippen LogP contribution in [0.25, 0.3) is 0 Å². The Balaban J connectivity index is -0.000000233. The van der Waals surface area contributed by atoms with E-state index in [1.807, 2.05) is 58.2 Å². The van der Waals surface area contributed by atoms with Gasteiger partial charge in [-0.3, -0.25) is 0 Å². The molecule has 1 saturated heterocycles. The van der Waals surface area contributed by atoms with Crippen molar-refractivity contribution < 1.29 is 34.2 Å². The number of quaternary nitrogens is 2. The summed E-state index contributed by atoms with van der Waals surface area (Å²) in [6, 6.07) is 10.1. The third-order valence-electron chi connectivity index (χ3n) is 6.64. The van der Waals surface area contributed by atoms with Crippen molar-refractivity contribution in [1.82, 2.24) is 5.32 Å². The third kappa shape index (κ3) is 13.7. The monoisotopic (exact) mass is 565 g/mol. The number of rotatable bonds is 5. The van der Waals surface area contributed by atoms with Crippen molar-refractivity contribution in [3.8, 4) is 0 Å². The van der Waals surface area contributed by atoms with E-state index >= 15 is 0 Å². The highest BCUT2D eigenvalue weighted by atomic mass is 16.6. The molecule has 0 bridgehead atoms. The SMILES string of the molecule is C.CC.CNC1(C)C(C)OC(C)(CO)C(C)(O)C1(C)O.CNc1ccccc1.COC[N+](C)(C)C.C[NH+](C)C. The highest BCUT2D eigenvalue weighted by Gasteiger charge is 2.68. The largest absolute Gasteiger partial charge is 0.393 e. The number of para-hydroxylation sites is 1. The lowest BCUT2D eigenvalue weighted by atomic mass is 9.60. The normalized spacial score (nSPS) is 29.4. The van der Waals surface area contributed by atoms with Gasteiger partial charge in [0.05, 0.1) is 60.5 Å². The van der Waals surface area contributed by atoms with Crippen molar-refractivity contribution in [2.45, 2.75) is 84.3 Å². The molecular weight excluding hydrogens is 496 g/mol. The number of nitrogens with one attached hydrogen (secondary N) is 3. The first kappa shape index (κ1) is 44.7. The van der Waals surface area contributed by atoms with E-state index in [-0.39, 0.29) is 20.1 Å². The molecule has 236 valence electrons. The van der Waals surface area contributed by atoms with Gasteiger partial charge in [0.25, 0.3) is 0 Å². The summed E-state index contributed by atoms with van der Waals surface area (Å²) in [5, 5.41) is 36.9. The van der Waals surface area contributed by atoms with Gasteiger partial charge in [0.1, 0.15) is 16.8 Å². The Hall–Kier alpha value is -1.30. The van der Waals surface area contributed by atoms with E-state index in [4.69, 9.17) is 9.47 Å². The van der Waals surface area contributed by atoms with Crippen LogP contribution < -0.4 is 15.5 Å². The highest BCUT2D eigenvalue weighted by molar-refractivity contribution is 5.41. The molecule has 1 aliphatic heterocycles. The number of methoxy groups -OCH3 is 1. The van der Waals surface area contributed by atoms with E-state index in [1.54, 1.807) is 34.9 Å². The molecule has 0 amide bonds. The van der Waals surface area contributed by atoms with E-state index in [1.165, 1.54) is 11.8 Å². The van der Waals surface area contributed by atoms with Crippen LogP contribution in [-0.2, 0) is 9.47 Å². The molecule has 6 N–H and O–H groups in total. The summed E-state index contributed by atoms with van der Waals surface area (Å²) in [5.41, 5.74) is -3.90. The van der Waals surface area contributed by atoms with Gasteiger partial charge in [-0.2, -0.15) is 0 Å². The van der Waals surface area contributed by atoms with Crippen LogP contribution in [0.1, 0.15) is 55.9 Å². The Morgan fingerprint density at radius 2 is 1.36 bits per heavy atom. The zero-order chi connectivity index (χ0) is 31.0. The number of nitrogens with zero attached hydrogens (tertiary/aromatic N) is 1. The first-order chi connectivity index (χ1) is 17.2. The van der Waals surface area contributed by atoms with Crippen molar-refractivity contribution in [3.63, 3.8) is 0 Å². The molecular formula is C30H68N4O5+2. The van der Waals surface area contributed by atoms with Gasteiger partial charge in [0.2, 0.25) is 0 Å². The quantitative estimate of drug-likeness (QED) is 0.240. The van der Waals surface area contributed by atoms with Crippen molar-refractivity contribution in [3.05, 3.63) is 30.3 Å². The van der Waals surface area contributed by atoms with Gasteiger partial charge in [-0.25, -0.2) is 0 Å². The van der Waals surface area contributed by atoms with Gasteiger partial charge >= 0.3 is 0 Å². The minimum atomic E-state index is -1.58. The van der Waals surface area contributed by atoms with Crippen LogP contribution in [0.15, 0.2) is 30.3 Å². The fourth-order valence-corrected chi connectivity index (χ4v) is 3.67. The molecule has 0 aromatic heterocycles. The van der Waals surface area contributed by atoms with Gasteiger partial charge in [-0.1, -0.05) is 39.5 Å². The molecule has 9 heteroatoms. The number of anilines is 1. The Morgan fingerprint density at radius 3 is 1.59 bits per heavy atom. The minimum Gasteiger partial charge on any atom is -0.393 e. The second-order valence-corrected chi connectivity index (χ2v) is 11.6. The molecule has 5 atom stereocenters. The summed E-state index contributed by atoms with van der Waals surface area (Å²) in [7, 11) is 17.8. The van der Waals surface area contributed by atoms with E-state index in [0.717, 1.165) is 16.9 Å². The van der Waals surface area contributed by atoms with Crippen LogP contribution in [0, 0.1) is 0 Å². The van der Waals surface area contributed by atoms with Gasteiger partial charge in [-0.05, 0) is 53.8 Å². The van der Waals surface area contributed by atoms with E-state index in [9.17, 15) is 15.3 Å². The van der Waals surface area contributed by atoms with Crippen LogP contribution in [0.5, 0.6) is 0 Å². The molecule has 1 aromatic carbocycles. The zero-order valence-corrected chi connectivity index (χ0v) is 27.5. The molecule has 0 saturated carbocycles. The number of likely N-dealkylation sites (N-methyl/N-ethyl adjacent to an activating group) is 1. The van der Waals surface area contributed by atoms with Crippen LogP contribution in [0.3, 0.4) is 0 Å². The van der Waals surface area contributed by atoms with Gasteiger partial charge in [0, 0.05) is 19.8 Å². The van der Waals surface area contributed by atoms with Crippen LogP contribution in [0.2, 0.25) is 0 Å². The Kier molecular flexibility index (Phi) is 22.6. The van der Waals surface area contributed by atoms with E-state index in [0.29, 0.717) is 0 Å². The molecule has 39 heavy (non-hydrogen) atoms. The third-order valence-corrected chi connectivity index (χ3v) is 6.64. The minimum absolute atomic E-state index is 0. The predicted octanol–water partition coefficient (Wildman–Crippen LogP) is 2.08. The number of hydrogen-bond acceptors (Lipinski definition) is 7. The van der Waals surface area contributed by atoms with E-state index in [2.05, 4.69) is 52.9 Å². The smallest absolute Gasteiger partial charge is 0.182 e. The Labute approximate surface area is 242 Å². The molecule has 5 unspecified atom stereocenters. The summed E-state index contributed by atoms with van der Waals surface area (Å²) < 4.78 is 11.5. The maximum Gasteiger partial charge on any atom is 0.182 e. The van der Waals surface area contributed by atoms with Crippen LogP contribution >= 0.6 is 0 Å². The van der Waals surface area contributed by atoms with Gasteiger partial charge in [-0.15, -0.1) is 0 Å². The number of benzene rings is 1. The number of aliphatic hydroxyl groups is 3. The second kappa shape index (κ2) is 19.7. The molecule has 9 nitrogen and oxygen atoms in total. The second-order valence-electron chi connectivity index (χ2n) is 11.6. The summed E-state index contributed by atoms with van der Waals surface area (Å²) in [6.45, 7) is 12.7. The fourth-order valence-electron chi connectivity index (χ4n) is 3.67. The van der Waals surface area contributed by atoms with E-state index < -0.39 is 22.3 Å².